The largest absolute Gasteiger partial charge is 0.461 e. The quantitative estimate of drug-likeness (QED) is 0.544. The lowest BCUT2D eigenvalue weighted by molar-refractivity contribution is -0.342. The Morgan fingerprint density at radius 2 is 2.07 bits per heavy atom. The fourth-order valence-electron chi connectivity index (χ4n) is 7.84. The standard InChI is InChI=1S/C22H26N2O4/c1-4-13-12-27-18(25)21-15(13)11-17(28-19(21)26)22-20(21,9-10-23(22)2)14-7-5-6-8-16(14)24(22)3/h4-8,15,17,19,26H,9-12H2,1-3H3. The molecule has 1 aromatic carbocycles. The number of anilines is 1. The van der Waals surface area contributed by atoms with E-state index in [-0.39, 0.29) is 18.0 Å². The molecule has 6 aliphatic rings. The van der Waals surface area contributed by atoms with E-state index < -0.39 is 22.8 Å². The third-order valence-electron chi connectivity index (χ3n) is 8.63. The molecule has 1 aliphatic carbocycles. The maximum Gasteiger partial charge on any atom is 0.319 e. The lowest BCUT2D eigenvalue weighted by atomic mass is 9.42. The van der Waals surface area contributed by atoms with Crippen LogP contribution >= 0.6 is 0 Å². The second kappa shape index (κ2) is 4.99. The summed E-state index contributed by atoms with van der Waals surface area (Å²) in [5.74, 6) is -0.370. The van der Waals surface area contributed by atoms with Gasteiger partial charge in [-0.05, 0) is 44.0 Å². The predicted molar refractivity (Wildman–Crippen MR) is 103 cm³/mol. The minimum atomic E-state index is -1.17. The summed E-state index contributed by atoms with van der Waals surface area (Å²) in [7, 11) is 4.23. The highest BCUT2D eigenvalue weighted by atomic mass is 16.6. The normalized spacial score (nSPS) is 47.6. The van der Waals surface area contributed by atoms with E-state index in [2.05, 4.69) is 42.1 Å². The number of allylic oxidation sites excluding steroid dienone is 1. The summed E-state index contributed by atoms with van der Waals surface area (Å²) in [5, 5.41) is 11.4. The number of aliphatic hydroxyl groups is 1. The number of fused-ring (bicyclic) bond motifs is 2. The number of cyclic esters (lactones) is 1. The van der Waals surface area contributed by atoms with Crippen molar-refractivity contribution in [1.29, 1.82) is 0 Å². The first-order valence-corrected chi connectivity index (χ1v) is 10.2. The lowest BCUT2D eigenvalue weighted by Crippen LogP contribution is -2.85. The van der Waals surface area contributed by atoms with Crippen LogP contribution in [0, 0.1) is 11.3 Å². The van der Waals surface area contributed by atoms with Crippen molar-refractivity contribution in [3.63, 3.8) is 0 Å². The Bertz CT molecular complexity index is 931. The van der Waals surface area contributed by atoms with Crippen LogP contribution in [0.5, 0.6) is 0 Å². The van der Waals surface area contributed by atoms with Gasteiger partial charge in [0.05, 0.1) is 11.5 Å². The molecular weight excluding hydrogens is 356 g/mol. The molecule has 1 spiro atoms. The number of carbonyl (C=O) groups is 1. The van der Waals surface area contributed by atoms with Crippen LogP contribution in [-0.4, -0.2) is 61.3 Å². The van der Waals surface area contributed by atoms with Gasteiger partial charge in [-0.3, -0.25) is 9.69 Å². The van der Waals surface area contributed by atoms with E-state index in [9.17, 15) is 9.90 Å². The van der Waals surface area contributed by atoms with Gasteiger partial charge in [-0.15, -0.1) is 0 Å². The molecule has 0 amide bonds. The van der Waals surface area contributed by atoms with Gasteiger partial charge in [0.15, 0.2) is 6.29 Å². The molecule has 5 fully saturated rings. The van der Waals surface area contributed by atoms with E-state index >= 15 is 0 Å². The zero-order valence-corrected chi connectivity index (χ0v) is 16.5. The summed E-state index contributed by atoms with van der Waals surface area (Å²) in [6, 6.07) is 8.35. The number of benzene rings is 1. The van der Waals surface area contributed by atoms with Crippen molar-refractivity contribution in [1.82, 2.24) is 4.90 Å². The second-order valence-corrected chi connectivity index (χ2v) is 8.95. The predicted octanol–water partition coefficient (Wildman–Crippen LogP) is 1.63. The van der Waals surface area contributed by atoms with Gasteiger partial charge in [0.1, 0.15) is 17.7 Å². The van der Waals surface area contributed by atoms with Crippen molar-refractivity contribution >= 4 is 11.7 Å². The van der Waals surface area contributed by atoms with Crippen molar-refractivity contribution in [2.45, 2.75) is 43.2 Å². The second-order valence-electron chi connectivity index (χ2n) is 8.95. The number of hydrogen-bond donors (Lipinski definition) is 1. The van der Waals surface area contributed by atoms with Crippen molar-refractivity contribution in [3.05, 3.63) is 41.5 Å². The summed E-state index contributed by atoms with van der Waals surface area (Å²) in [6.45, 7) is 3.16. The smallest absolute Gasteiger partial charge is 0.319 e. The van der Waals surface area contributed by atoms with Crippen LogP contribution in [0.4, 0.5) is 5.69 Å². The Morgan fingerprint density at radius 3 is 2.86 bits per heavy atom. The maximum atomic E-state index is 13.7. The number of rotatable bonds is 0. The van der Waals surface area contributed by atoms with E-state index in [0.717, 1.165) is 36.2 Å². The molecule has 1 aromatic rings. The summed E-state index contributed by atoms with van der Waals surface area (Å²) in [4.78, 5) is 18.3. The van der Waals surface area contributed by atoms with Crippen molar-refractivity contribution in [2.75, 3.05) is 32.1 Å². The first kappa shape index (κ1) is 17.0. The molecule has 4 saturated heterocycles. The van der Waals surface area contributed by atoms with Gasteiger partial charge in [0.2, 0.25) is 0 Å². The van der Waals surface area contributed by atoms with Gasteiger partial charge < -0.3 is 19.5 Å². The van der Waals surface area contributed by atoms with Crippen LogP contribution in [0.25, 0.3) is 0 Å². The molecule has 5 aliphatic heterocycles. The van der Waals surface area contributed by atoms with Crippen LogP contribution in [0.15, 0.2) is 35.9 Å². The van der Waals surface area contributed by atoms with Crippen LogP contribution in [-0.2, 0) is 19.7 Å². The summed E-state index contributed by atoms with van der Waals surface area (Å²) >= 11 is 0. The minimum Gasteiger partial charge on any atom is -0.461 e. The summed E-state index contributed by atoms with van der Waals surface area (Å²) < 4.78 is 12.0. The van der Waals surface area contributed by atoms with Crippen LogP contribution in [0.1, 0.15) is 25.3 Å². The van der Waals surface area contributed by atoms with E-state index in [1.54, 1.807) is 0 Å². The highest BCUT2D eigenvalue weighted by Gasteiger charge is 2.88. The van der Waals surface area contributed by atoms with Gasteiger partial charge in [0, 0.05) is 25.2 Å². The Balaban J connectivity index is 1.76. The molecule has 6 atom stereocenters. The number of esters is 1. The van der Waals surface area contributed by atoms with Crippen molar-refractivity contribution < 1.29 is 19.4 Å². The van der Waals surface area contributed by atoms with Crippen LogP contribution in [0.3, 0.4) is 0 Å². The van der Waals surface area contributed by atoms with E-state index in [4.69, 9.17) is 9.47 Å². The Kier molecular flexibility index (Phi) is 3.03. The van der Waals surface area contributed by atoms with E-state index in [1.165, 1.54) is 0 Å². The Labute approximate surface area is 164 Å². The van der Waals surface area contributed by atoms with Crippen LogP contribution in [0.2, 0.25) is 0 Å². The first-order chi connectivity index (χ1) is 13.5. The highest BCUT2D eigenvalue weighted by Crippen LogP contribution is 2.76. The molecule has 6 nitrogen and oxygen atoms in total. The van der Waals surface area contributed by atoms with Gasteiger partial charge in [-0.2, -0.15) is 0 Å². The molecule has 28 heavy (non-hydrogen) atoms. The topological polar surface area (TPSA) is 62.2 Å². The maximum absolute atomic E-state index is 13.7. The molecule has 7 rings (SSSR count). The molecule has 0 aromatic heterocycles. The molecule has 148 valence electrons. The average molecular weight is 382 g/mol. The number of para-hydroxylation sites is 1. The monoisotopic (exact) mass is 382 g/mol. The fourth-order valence-corrected chi connectivity index (χ4v) is 7.84. The number of likely N-dealkylation sites (N-methyl/N-ethyl adjacent to an activating group) is 2. The third-order valence-corrected chi connectivity index (χ3v) is 8.63. The third kappa shape index (κ3) is 1.34. The van der Waals surface area contributed by atoms with Gasteiger partial charge in [0.25, 0.3) is 0 Å². The number of nitrogens with zero attached hydrogens (tertiary/aromatic N) is 2. The zero-order valence-electron chi connectivity index (χ0n) is 16.5. The molecule has 2 bridgehead atoms. The molecule has 1 saturated carbocycles. The Hall–Kier alpha value is -1.89. The molecule has 0 radical (unpaired) electrons. The number of ether oxygens (including phenoxy) is 2. The van der Waals surface area contributed by atoms with E-state index in [0.29, 0.717) is 6.61 Å². The highest BCUT2D eigenvalue weighted by molar-refractivity contribution is 5.87. The fraction of sp³-hybridized carbons (Fsp3) is 0.591. The molecule has 6 unspecified atom stereocenters. The number of carbonyl (C=O) groups excluding carboxylic acids is 1. The van der Waals surface area contributed by atoms with Gasteiger partial charge in [-0.1, -0.05) is 24.3 Å². The van der Waals surface area contributed by atoms with Crippen LogP contribution < -0.4 is 4.90 Å². The van der Waals surface area contributed by atoms with Gasteiger partial charge >= 0.3 is 5.97 Å². The van der Waals surface area contributed by atoms with Gasteiger partial charge in [-0.25, -0.2) is 0 Å². The lowest BCUT2D eigenvalue weighted by Gasteiger charge is -2.70. The number of likely N-dealkylation sites (tertiary alicyclic amines) is 1. The SMILES string of the molecule is CC=C1COC(=O)C23C(O)OC(CC12)C12N(C)CCC31c1ccccc1N2C. The molecule has 5 heterocycles. The molecule has 1 N–H and O–H groups in total. The Morgan fingerprint density at radius 1 is 1.29 bits per heavy atom. The number of hydrogen-bond acceptors (Lipinski definition) is 6. The molecular formula is C22H26N2O4. The van der Waals surface area contributed by atoms with Crippen molar-refractivity contribution in [2.24, 2.45) is 11.3 Å². The molecule has 6 heteroatoms. The van der Waals surface area contributed by atoms with E-state index in [1.807, 2.05) is 19.1 Å². The first-order valence-electron chi connectivity index (χ1n) is 10.2. The zero-order chi connectivity index (χ0) is 19.5. The minimum absolute atomic E-state index is 0.0633. The average Bonchev–Trinajstić information content (AvgIpc) is 3.16. The number of aliphatic hydroxyl groups excluding tert-OH is 1. The van der Waals surface area contributed by atoms with Crippen molar-refractivity contribution in [3.8, 4) is 0 Å². The summed E-state index contributed by atoms with van der Waals surface area (Å²) in [5.41, 5.74) is 1.17. The summed E-state index contributed by atoms with van der Waals surface area (Å²) in [6.07, 6.45) is 2.22.